The Kier molecular flexibility index (Phi) is 8.73. The maximum Gasteiger partial charge on any atom is 0.186 e. The van der Waals surface area contributed by atoms with E-state index in [1.54, 1.807) is 6.92 Å². The lowest BCUT2D eigenvalue weighted by atomic mass is 9.61. The van der Waals surface area contributed by atoms with E-state index in [0.29, 0.717) is 12.8 Å². The third kappa shape index (κ3) is 6.56. The zero-order chi connectivity index (χ0) is 22.9. The summed E-state index contributed by atoms with van der Waals surface area (Å²) in [7, 11) is -1.38. The molecule has 6 unspecified atom stereocenters. The number of rotatable bonds is 9. The molecule has 2 rings (SSSR count). The lowest BCUT2D eigenvalue weighted by molar-refractivity contribution is -0.320. The molecule has 0 aromatic rings. The Morgan fingerprint density at radius 3 is 2.27 bits per heavy atom. The first-order valence-electron chi connectivity index (χ1n) is 10.8. The summed E-state index contributed by atoms with van der Waals surface area (Å²) < 4.78 is 23.5. The minimum Gasteiger partial charge on any atom is -0.394 e. The molecule has 2 fully saturated rings. The topological polar surface area (TPSA) is 118 Å². The van der Waals surface area contributed by atoms with Gasteiger partial charge in [-0.2, -0.15) is 0 Å². The Hall–Kier alpha value is 0.110. The molecule has 8 nitrogen and oxygen atoms in total. The van der Waals surface area contributed by atoms with Gasteiger partial charge in [0.1, 0.15) is 24.4 Å². The Morgan fingerprint density at radius 1 is 1.17 bits per heavy atom. The lowest BCUT2D eigenvalue weighted by Crippen LogP contribution is -2.61. The minimum atomic E-state index is -1.38. The molecule has 4 N–H and O–H groups in total. The van der Waals surface area contributed by atoms with E-state index in [4.69, 9.17) is 18.9 Å². The molecule has 178 valence electrons. The Balaban J connectivity index is 1.98. The highest BCUT2D eigenvalue weighted by Crippen LogP contribution is 2.52. The third-order valence-corrected chi connectivity index (χ3v) is 7.28. The molecule has 0 radical (unpaired) electrons. The van der Waals surface area contributed by atoms with E-state index in [2.05, 4.69) is 13.8 Å². The van der Waals surface area contributed by atoms with Crippen molar-refractivity contribution >= 4 is 8.15 Å². The second-order valence-electron chi connectivity index (χ2n) is 10.3. The van der Waals surface area contributed by atoms with Gasteiger partial charge in [-0.25, -0.2) is 0 Å². The van der Waals surface area contributed by atoms with Gasteiger partial charge in [-0.3, -0.25) is 0 Å². The maximum atomic E-state index is 10.7. The van der Waals surface area contributed by atoms with Gasteiger partial charge in [0.25, 0.3) is 0 Å². The molecule has 1 aliphatic carbocycles. The highest BCUT2D eigenvalue weighted by molar-refractivity contribution is 7.52. The summed E-state index contributed by atoms with van der Waals surface area (Å²) in [5.41, 5.74) is -0.569. The third-order valence-electron chi connectivity index (χ3n) is 5.67. The minimum absolute atomic E-state index is 0.126. The molecule has 1 saturated heterocycles. The van der Waals surface area contributed by atoms with Crippen LogP contribution in [0, 0.1) is 5.41 Å². The SMILES string of the molecule is CCP(O)[C@@H](C)OC1C(O)C(CO)OC(OCC2(C)CC(C)(OC(C)(C)C)C2)C1O. The van der Waals surface area contributed by atoms with Gasteiger partial charge in [-0.05, 0) is 59.0 Å². The van der Waals surface area contributed by atoms with Crippen molar-refractivity contribution < 1.29 is 39.2 Å². The zero-order valence-corrected chi connectivity index (χ0v) is 20.3. The fourth-order valence-electron chi connectivity index (χ4n) is 4.86. The van der Waals surface area contributed by atoms with Gasteiger partial charge in [-0.1, -0.05) is 13.8 Å². The fraction of sp³-hybridized carbons (Fsp3) is 1.00. The van der Waals surface area contributed by atoms with E-state index < -0.39 is 51.3 Å². The monoisotopic (exact) mass is 452 g/mol. The van der Waals surface area contributed by atoms with Crippen LogP contribution in [0.3, 0.4) is 0 Å². The first-order valence-corrected chi connectivity index (χ1v) is 12.3. The van der Waals surface area contributed by atoms with Crippen LogP contribution in [0.2, 0.25) is 0 Å². The van der Waals surface area contributed by atoms with E-state index >= 15 is 0 Å². The van der Waals surface area contributed by atoms with Gasteiger partial charge >= 0.3 is 0 Å². The number of hydrogen-bond acceptors (Lipinski definition) is 8. The van der Waals surface area contributed by atoms with Crippen LogP contribution in [-0.2, 0) is 18.9 Å². The average Bonchev–Trinajstić information content (AvgIpc) is 2.60. The fourth-order valence-corrected chi connectivity index (χ4v) is 5.65. The van der Waals surface area contributed by atoms with Crippen molar-refractivity contribution in [3.63, 3.8) is 0 Å². The van der Waals surface area contributed by atoms with Crippen LogP contribution in [0.15, 0.2) is 0 Å². The van der Waals surface area contributed by atoms with Crippen molar-refractivity contribution in [2.75, 3.05) is 19.4 Å². The molecule has 30 heavy (non-hydrogen) atoms. The van der Waals surface area contributed by atoms with Crippen molar-refractivity contribution in [3.05, 3.63) is 0 Å². The number of aliphatic hydroxyl groups excluding tert-OH is 3. The summed E-state index contributed by atoms with van der Waals surface area (Å²) in [4.78, 5) is 10.1. The van der Waals surface area contributed by atoms with E-state index in [-0.39, 0.29) is 16.6 Å². The normalized spacial score (nSPS) is 41.9. The van der Waals surface area contributed by atoms with Crippen LogP contribution >= 0.6 is 8.15 Å². The summed E-state index contributed by atoms with van der Waals surface area (Å²) in [5.74, 6) is -0.531. The molecule has 1 saturated carbocycles. The van der Waals surface area contributed by atoms with Crippen molar-refractivity contribution in [2.45, 2.75) is 109 Å². The molecule has 7 atom stereocenters. The van der Waals surface area contributed by atoms with Crippen molar-refractivity contribution in [2.24, 2.45) is 5.41 Å². The molecule has 2 aliphatic rings. The van der Waals surface area contributed by atoms with E-state index in [9.17, 15) is 20.2 Å². The van der Waals surface area contributed by atoms with Gasteiger partial charge in [0, 0.05) is 0 Å². The van der Waals surface area contributed by atoms with Gasteiger partial charge in [-0.15, -0.1) is 0 Å². The van der Waals surface area contributed by atoms with Crippen molar-refractivity contribution in [1.29, 1.82) is 0 Å². The molecule has 1 heterocycles. The van der Waals surface area contributed by atoms with Gasteiger partial charge in [0.2, 0.25) is 0 Å². The summed E-state index contributed by atoms with van der Waals surface area (Å²) >= 11 is 0. The zero-order valence-electron chi connectivity index (χ0n) is 19.4. The molecule has 0 aromatic heterocycles. The average molecular weight is 453 g/mol. The summed E-state index contributed by atoms with van der Waals surface area (Å²) in [6.07, 6.45) is -3.30. The molecule has 0 bridgehead atoms. The summed E-state index contributed by atoms with van der Waals surface area (Å²) in [6, 6.07) is 0. The highest BCUT2D eigenvalue weighted by Gasteiger charge is 2.53. The van der Waals surface area contributed by atoms with Crippen LogP contribution in [0.5, 0.6) is 0 Å². The van der Waals surface area contributed by atoms with Crippen LogP contribution in [0.25, 0.3) is 0 Å². The van der Waals surface area contributed by atoms with E-state index in [1.165, 1.54) is 0 Å². The number of hydrogen-bond donors (Lipinski definition) is 4. The molecular formula is C21H41O8P. The predicted octanol–water partition coefficient (Wildman–Crippen LogP) is 1.96. The van der Waals surface area contributed by atoms with Crippen LogP contribution < -0.4 is 0 Å². The second-order valence-corrected chi connectivity index (χ2v) is 12.5. The summed E-state index contributed by atoms with van der Waals surface area (Å²) in [5, 5.41) is 30.8. The smallest absolute Gasteiger partial charge is 0.186 e. The summed E-state index contributed by atoms with van der Waals surface area (Å²) in [6.45, 7) is 13.8. The Bertz CT molecular complexity index is 548. The molecule has 0 amide bonds. The Labute approximate surface area is 181 Å². The highest BCUT2D eigenvalue weighted by atomic mass is 31.1. The molecule has 0 aromatic carbocycles. The quantitative estimate of drug-likeness (QED) is 0.392. The number of ether oxygens (including phenoxy) is 4. The maximum absolute atomic E-state index is 10.7. The molecular weight excluding hydrogens is 411 g/mol. The Morgan fingerprint density at radius 2 is 1.77 bits per heavy atom. The largest absolute Gasteiger partial charge is 0.394 e. The number of aliphatic hydroxyl groups is 3. The predicted molar refractivity (Wildman–Crippen MR) is 114 cm³/mol. The standard InChI is InChI=1S/C21H41O8P/c1-8-30(25)13(2)27-17-15(23)14(9-22)28-18(16(17)24)26-12-20(6)10-21(7,11-20)29-19(3,4)5/h13-18,22-25H,8-12H2,1-7H3/t13-,14?,15?,16?,17?,18?,20?,21?,30?/m0/s1. The molecule has 0 spiro atoms. The van der Waals surface area contributed by atoms with Gasteiger partial charge in [0.05, 0.1) is 38.4 Å². The van der Waals surface area contributed by atoms with E-state index in [1.807, 2.05) is 27.7 Å². The lowest BCUT2D eigenvalue weighted by Gasteiger charge is -2.55. The first-order chi connectivity index (χ1) is 13.7. The molecule has 1 aliphatic heterocycles. The molecule has 9 heteroatoms. The van der Waals surface area contributed by atoms with Crippen molar-refractivity contribution in [1.82, 2.24) is 0 Å². The van der Waals surface area contributed by atoms with Gasteiger partial charge < -0.3 is 39.2 Å². The van der Waals surface area contributed by atoms with E-state index in [0.717, 1.165) is 12.8 Å². The second kappa shape index (κ2) is 9.94. The van der Waals surface area contributed by atoms with Crippen LogP contribution in [0.4, 0.5) is 0 Å². The van der Waals surface area contributed by atoms with Crippen molar-refractivity contribution in [3.8, 4) is 0 Å². The first kappa shape index (κ1) is 26.4. The van der Waals surface area contributed by atoms with Crippen LogP contribution in [0.1, 0.15) is 61.3 Å². The van der Waals surface area contributed by atoms with Crippen LogP contribution in [-0.4, -0.2) is 87.3 Å². The van der Waals surface area contributed by atoms with Gasteiger partial charge in [0.15, 0.2) is 6.29 Å².